The molecule has 6 aromatic rings. The molecular formula is C30H15N9O4S4. The van der Waals surface area contributed by atoms with E-state index in [9.17, 15) is 4.79 Å². The highest BCUT2D eigenvalue weighted by Crippen LogP contribution is 2.50. The van der Waals surface area contributed by atoms with E-state index in [-0.39, 0.29) is 18.0 Å². The predicted molar refractivity (Wildman–Crippen MR) is 179 cm³/mol. The first kappa shape index (κ1) is 31.0. The third kappa shape index (κ3) is 5.91. The van der Waals surface area contributed by atoms with Crippen LogP contribution < -0.4 is 9.47 Å². The molecule has 0 amide bonds. The summed E-state index contributed by atoms with van der Waals surface area (Å²) in [5, 5.41) is 38.4. The number of fused-ring (bicyclic) bond motifs is 3. The molecule has 0 bridgehead atoms. The van der Waals surface area contributed by atoms with Gasteiger partial charge in [0.2, 0.25) is 11.4 Å². The molecule has 0 unspecified atom stereocenters. The van der Waals surface area contributed by atoms with Gasteiger partial charge in [-0.3, -0.25) is 0 Å². The molecule has 0 aliphatic rings. The van der Waals surface area contributed by atoms with Gasteiger partial charge in [-0.2, -0.15) is 21.0 Å². The van der Waals surface area contributed by atoms with Crippen molar-refractivity contribution in [3.8, 4) is 55.5 Å². The van der Waals surface area contributed by atoms with E-state index in [1.54, 1.807) is 36.4 Å². The first-order chi connectivity index (χ1) is 22.9. The molecule has 5 aromatic heterocycles. The van der Waals surface area contributed by atoms with Crippen molar-refractivity contribution in [3.05, 3.63) is 48.0 Å². The first-order valence-electron chi connectivity index (χ1n) is 13.1. The van der Waals surface area contributed by atoms with Crippen LogP contribution in [-0.2, 0) is 11.3 Å². The number of nitrogens with zero attached hydrogens (tertiary/aromatic N) is 9. The molecule has 17 heteroatoms. The van der Waals surface area contributed by atoms with Crippen molar-refractivity contribution in [3.63, 3.8) is 0 Å². The number of hydrogen-bond acceptors (Lipinski definition) is 16. The van der Waals surface area contributed by atoms with Crippen molar-refractivity contribution in [2.24, 2.45) is 9.98 Å². The molecule has 1 aromatic carbocycles. The van der Waals surface area contributed by atoms with Crippen molar-refractivity contribution in [2.75, 3.05) is 14.2 Å². The fourth-order valence-electron chi connectivity index (χ4n) is 4.28. The standard InChI is InChI=1S/C30H15N9O4S4/c1-41-18-8-20(35-16(10-31)11-32)44-22(18)28-37-26-24(46-28)25-27(39(26)30(40)43-14-15-6-4-3-5-7-15)38-29(47-25)23-19(42-2)9-21(45-23)36-17(12-33)13-34/h3-9H,14H2,1-2H3. The van der Waals surface area contributed by atoms with E-state index in [4.69, 9.17) is 45.2 Å². The summed E-state index contributed by atoms with van der Waals surface area (Å²) in [6, 6.07) is 19.4. The van der Waals surface area contributed by atoms with Crippen molar-refractivity contribution in [2.45, 2.75) is 6.61 Å². The summed E-state index contributed by atoms with van der Waals surface area (Å²) < 4.78 is 19.5. The fraction of sp³-hybridized carbons (Fsp3) is 0.100. The molecule has 47 heavy (non-hydrogen) atoms. The molecule has 0 N–H and O–H groups in total. The van der Waals surface area contributed by atoms with E-state index in [0.717, 1.165) is 5.56 Å². The molecule has 0 saturated carbocycles. The van der Waals surface area contributed by atoms with Gasteiger partial charge in [-0.05, 0) is 5.56 Å². The Bertz CT molecular complexity index is 2250. The number of hydrogen-bond donors (Lipinski definition) is 0. The highest BCUT2D eigenvalue weighted by atomic mass is 32.1. The lowest BCUT2D eigenvalue weighted by Crippen LogP contribution is -2.14. The summed E-state index contributed by atoms with van der Waals surface area (Å²) in [5.41, 5.74) is 0.857. The Morgan fingerprint density at radius 1 is 0.766 bits per heavy atom. The van der Waals surface area contributed by atoms with Crippen molar-refractivity contribution >= 4 is 93.6 Å². The molecule has 0 spiro atoms. The zero-order chi connectivity index (χ0) is 33.1. The molecule has 0 atom stereocenters. The summed E-state index contributed by atoms with van der Waals surface area (Å²) >= 11 is 4.97. The molecule has 0 saturated heterocycles. The number of nitriles is 4. The van der Waals surface area contributed by atoms with Crippen LogP contribution in [0.5, 0.6) is 11.5 Å². The number of methoxy groups -OCH3 is 2. The second kappa shape index (κ2) is 13.2. The molecule has 6 rings (SSSR count). The number of ether oxygens (including phenoxy) is 3. The number of benzene rings is 1. The molecule has 228 valence electrons. The lowest BCUT2D eigenvalue weighted by atomic mass is 10.2. The number of carbonyl (C=O) groups excluding carboxylic acids is 1. The SMILES string of the molecule is COc1cc(N=C(C#N)C#N)sc1-c1nc2c(s1)c1sc(-c3sc(N=C(C#N)C#N)cc3OC)nc1n2C(=O)OCc1ccccc1. The Balaban J connectivity index is 1.50. The van der Waals surface area contributed by atoms with Gasteiger partial charge in [0, 0.05) is 12.1 Å². The topological polar surface area (TPSA) is 195 Å². The minimum Gasteiger partial charge on any atom is -0.495 e. The zero-order valence-electron chi connectivity index (χ0n) is 24.0. The molecule has 0 aliphatic heterocycles. The monoisotopic (exact) mass is 693 g/mol. The van der Waals surface area contributed by atoms with Crippen LogP contribution in [0.4, 0.5) is 14.8 Å². The Kier molecular flexibility index (Phi) is 8.71. The van der Waals surface area contributed by atoms with Crippen LogP contribution in [0.3, 0.4) is 0 Å². The third-order valence-electron chi connectivity index (χ3n) is 6.30. The van der Waals surface area contributed by atoms with Gasteiger partial charge in [0.15, 0.2) is 11.3 Å². The third-order valence-corrected chi connectivity index (χ3v) is 10.9. The summed E-state index contributed by atoms with van der Waals surface area (Å²) in [4.78, 5) is 32.7. The van der Waals surface area contributed by atoms with Crippen LogP contribution in [0, 0.1) is 45.3 Å². The van der Waals surface area contributed by atoms with Gasteiger partial charge in [-0.25, -0.2) is 29.3 Å². The molecular weight excluding hydrogens is 679 g/mol. The van der Waals surface area contributed by atoms with Gasteiger partial charge in [-0.1, -0.05) is 30.3 Å². The summed E-state index contributed by atoms with van der Waals surface area (Å²) in [6.45, 7) is 0.0231. The van der Waals surface area contributed by atoms with Crippen LogP contribution in [0.25, 0.3) is 40.5 Å². The zero-order valence-corrected chi connectivity index (χ0v) is 27.3. The molecule has 0 aliphatic carbocycles. The Morgan fingerprint density at radius 2 is 1.23 bits per heavy atom. The van der Waals surface area contributed by atoms with E-state index in [1.807, 2.05) is 30.3 Å². The largest absolute Gasteiger partial charge is 0.495 e. The van der Waals surface area contributed by atoms with Gasteiger partial charge in [-0.15, -0.1) is 45.3 Å². The minimum atomic E-state index is -0.685. The van der Waals surface area contributed by atoms with Crippen LogP contribution in [0.2, 0.25) is 0 Å². The van der Waals surface area contributed by atoms with Crippen molar-refractivity contribution < 1.29 is 19.0 Å². The highest BCUT2D eigenvalue weighted by Gasteiger charge is 2.28. The summed E-state index contributed by atoms with van der Waals surface area (Å²) in [6.07, 6.45) is -0.685. The molecule has 0 fully saturated rings. The summed E-state index contributed by atoms with van der Waals surface area (Å²) in [7, 11) is 2.97. The van der Waals surface area contributed by atoms with Gasteiger partial charge < -0.3 is 14.2 Å². The lowest BCUT2D eigenvalue weighted by Gasteiger charge is -2.06. The quantitative estimate of drug-likeness (QED) is 0.143. The van der Waals surface area contributed by atoms with E-state index in [1.165, 1.54) is 64.1 Å². The van der Waals surface area contributed by atoms with E-state index >= 15 is 0 Å². The maximum Gasteiger partial charge on any atom is 0.421 e. The molecule has 5 heterocycles. The summed E-state index contributed by atoms with van der Waals surface area (Å²) in [5.74, 6) is 0.871. The predicted octanol–water partition coefficient (Wildman–Crippen LogP) is 7.61. The second-order valence-electron chi connectivity index (χ2n) is 9.05. The highest BCUT2D eigenvalue weighted by molar-refractivity contribution is 7.32. The molecule has 13 nitrogen and oxygen atoms in total. The molecule has 0 radical (unpaired) electrons. The van der Waals surface area contributed by atoms with E-state index in [0.29, 0.717) is 62.0 Å². The number of aromatic nitrogens is 3. The Morgan fingerprint density at radius 3 is 1.66 bits per heavy atom. The maximum atomic E-state index is 13.7. The number of thiazole rings is 2. The van der Waals surface area contributed by atoms with Crippen molar-refractivity contribution in [1.82, 2.24) is 14.5 Å². The lowest BCUT2D eigenvalue weighted by molar-refractivity contribution is 0.143. The van der Waals surface area contributed by atoms with Crippen LogP contribution >= 0.6 is 45.3 Å². The Labute approximate surface area is 281 Å². The van der Waals surface area contributed by atoms with Crippen LogP contribution in [0.1, 0.15) is 5.56 Å². The van der Waals surface area contributed by atoms with E-state index < -0.39 is 6.09 Å². The minimum absolute atomic E-state index is 0.0231. The van der Waals surface area contributed by atoms with Gasteiger partial charge >= 0.3 is 6.09 Å². The van der Waals surface area contributed by atoms with Crippen LogP contribution in [0.15, 0.2) is 52.4 Å². The number of rotatable bonds is 8. The van der Waals surface area contributed by atoms with Crippen LogP contribution in [-0.4, -0.2) is 46.3 Å². The van der Waals surface area contributed by atoms with Gasteiger partial charge in [0.25, 0.3) is 0 Å². The number of aliphatic imine (C=N–C) groups is 2. The number of thiophene rings is 2. The fourth-order valence-corrected chi connectivity index (χ4v) is 8.67. The normalized spacial score (nSPS) is 10.4. The maximum absolute atomic E-state index is 13.7. The van der Waals surface area contributed by atoms with Crippen molar-refractivity contribution in [1.29, 1.82) is 21.0 Å². The van der Waals surface area contributed by atoms with Gasteiger partial charge in [0.05, 0.1) is 23.6 Å². The smallest absolute Gasteiger partial charge is 0.421 e. The van der Waals surface area contributed by atoms with E-state index in [2.05, 4.69) is 9.98 Å². The van der Waals surface area contributed by atoms with Gasteiger partial charge in [0.1, 0.15) is 72.2 Å². The average Bonchev–Trinajstić information content (AvgIpc) is 3.92. The Hall–Kier alpha value is -5.95. The average molecular weight is 694 g/mol. The second-order valence-corrected chi connectivity index (χ2v) is 13.1. The number of carbonyl (C=O) groups is 1. The first-order valence-corrected chi connectivity index (χ1v) is 16.3.